The number of aliphatic carboxylic acids is 1. The maximum atomic E-state index is 15.1. The van der Waals surface area contributed by atoms with E-state index in [4.69, 9.17) is 9.47 Å². The van der Waals surface area contributed by atoms with E-state index in [1.807, 2.05) is 0 Å². The summed E-state index contributed by atoms with van der Waals surface area (Å²) in [5, 5.41) is 16.0. The minimum Gasteiger partial charge on any atom is -0.496 e. The van der Waals surface area contributed by atoms with Gasteiger partial charge >= 0.3 is 5.97 Å². The van der Waals surface area contributed by atoms with Crippen LogP contribution in [0.4, 0.5) is 4.39 Å². The zero-order chi connectivity index (χ0) is 31.2. The molecular formula is C35H47FN2O6. The molecule has 0 aromatic heterocycles. The number of halogens is 1. The first-order chi connectivity index (χ1) is 21.0. The van der Waals surface area contributed by atoms with Gasteiger partial charge in [0, 0.05) is 18.7 Å². The lowest BCUT2D eigenvalue weighted by Gasteiger charge is -2.39. The molecular weight excluding hydrogens is 563 g/mol. The highest BCUT2D eigenvalue weighted by molar-refractivity contribution is 5.98. The van der Waals surface area contributed by atoms with Gasteiger partial charge in [-0.05, 0) is 100 Å². The number of rotatable bonds is 10. The van der Waals surface area contributed by atoms with E-state index in [0.717, 1.165) is 31.7 Å². The van der Waals surface area contributed by atoms with Crippen LogP contribution >= 0.6 is 0 Å². The van der Waals surface area contributed by atoms with Crippen molar-refractivity contribution in [2.45, 2.75) is 103 Å². The summed E-state index contributed by atoms with van der Waals surface area (Å²) in [5.41, 5.74) is 0.875. The summed E-state index contributed by atoms with van der Waals surface area (Å²) in [4.78, 5) is 39.3. The number of allylic oxidation sites excluding steroid dienone is 2. The van der Waals surface area contributed by atoms with Crippen LogP contribution in [0.25, 0.3) is 0 Å². The molecule has 1 aromatic rings. The fraction of sp³-hybridized carbons (Fsp3) is 0.686. The maximum Gasteiger partial charge on any atom is 0.309 e. The van der Waals surface area contributed by atoms with E-state index in [1.54, 1.807) is 6.92 Å². The summed E-state index contributed by atoms with van der Waals surface area (Å²) >= 11 is 0. The Morgan fingerprint density at radius 2 is 1.77 bits per heavy atom. The van der Waals surface area contributed by atoms with E-state index >= 15 is 4.39 Å². The molecule has 5 saturated carbocycles. The van der Waals surface area contributed by atoms with Gasteiger partial charge in [-0.2, -0.15) is 0 Å². The highest BCUT2D eigenvalue weighted by Gasteiger charge is 2.54. The van der Waals surface area contributed by atoms with Gasteiger partial charge < -0.3 is 25.2 Å². The second kappa shape index (κ2) is 12.0. The Balaban J connectivity index is 1.19. The number of methoxy groups -OCH3 is 1. The van der Waals surface area contributed by atoms with Crippen LogP contribution in [-0.4, -0.2) is 48.7 Å². The highest BCUT2D eigenvalue weighted by atomic mass is 19.1. The summed E-state index contributed by atoms with van der Waals surface area (Å²) in [6.45, 7) is 4.60. The quantitative estimate of drug-likeness (QED) is 0.279. The summed E-state index contributed by atoms with van der Waals surface area (Å²) < 4.78 is 26.5. The van der Waals surface area contributed by atoms with Gasteiger partial charge in [-0.15, -0.1) is 0 Å². The number of amides is 2. The van der Waals surface area contributed by atoms with Crippen LogP contribution in [-0.2, 0) is 9.59 Å². The van der Waals surface area contributed by atoms with Crippen molar-refractivity contribution in [1.29, 1.82) is 0 Å². The Bertz CT molecular complexity index is 1330. The molecule has 2 bridgehead atoms. The first-order valence-electron chi connectivity index (χ1n) is 16.6. The molecule has 3 N–H and O–H groups in total. The van der Waals surface area contributed by atoms with Gasteiger partial charge in [0.15, 0.2) is 11.6 Å². The number of carbonyl (C=O) groups is 3. The molecule has 5 fully saturated rings. The minimum atomic E-state index is -0.832. The van der Waals surface area contributed by atoms with E-state index in [0.29, 0.717) is 38.1 Å². The molecule has 240 valence electrons. The van der Waals surface area contributed by atoms with Gasteiger partial charge in [0.2, 0.25) is 5.91 Å². The van der Waals surface area contributed by atoms with Gasteiger partial charge in [0.25, 0.3) is 5.91 Å². The van der Waals surface area contributed by atoms with Crippen LogP contribution in [0.2, 0.25) is 0 Å². The normalized spacial score (nSPS) is 33.3. The van der Waals surface area contributed by atoms with Gasteiger partial charge in [-0.3, -0.25) is 14.4 Å². The Labute approximate surface area is 259 Å². The third-order valence-electron chi connectivity index (χ3n) is 11.7. The predicted molar refractivity (Wildman–Crippen MR) is 163 cm³/mol. The Morgan fingerprint density at radius 1 is 1.05 bits per heavy atom. The number of ether oxygens (including phenoxy) is 2. The van der Waals surface area contributed by atoms with E-state index in [9.17, 15) is 19.5 Å². The average Bonchev–Trinajstić information content (AvgIpc) is 3.53. The molecule has 5 aliphatic carbocycles. The molecule has 0 unspecified atom stereocenters. The van der Waals surface area contributed by atoms with Crippen LogP contribution in [0.5, 0.6) is 11.5 Å². The maximum absolute atomic E-state index is 15.1. The summed E-state index contributed by atoms with van der Waals surface area (Å²) in [6, 6.07) is 2.22. The number of fused-ring (bicyclic) bond motifs is 2. The van der Waals surface area contributed by atoms with Crippen LogP contribution < -0.4 is 20.1 Å². The third-order valence-corrected chi connectivity index (χ3v) is 11.7. The first kappa shape index (κ1) is 30.9. The van der Waals surface area contributed by atoms with Crippen molar-refractivity contribution in [2.24, 2.45) is 34.5 Å². The molecule has 44 heavy (non-hydrogen) atoms. The summed E-state index contributed by atoms with van der Waals surface area (Å²) in [6.07, 6.45) is 12.8. The van der Waals surface area contributed by atoms with E-state index in [-0.39, 0.29) is 58.3 Å². The molecule has 2 amide bonds. The molecule has 9 heteroatoms. The smallest absolute Gasteiger partial charge is 0.309 e. The molecule has 0 saturated heterocycles. The van der Waals surface area contributed by atoms with Crippen molar-refractivity contribution >= 4 is 17.8 Å². The molecule has 5 aliphatic rings. The van der Waals surface area contributed by atoms with E-state index < -0.39 is 23.1 Å². The number of carboxylic acids is 1. The van der Waals surface area contributed by atoms with Crippen LogP contribution in [0.15, 0.2) is 23.8 Å². The van der Waals surface area contributed by atoms with Crippen LogP contribution in [0, 0.1) is 40.3 Å². The lowest BCUT2D eigenvalue weighted by molar-refractivity contribution is -0.150. The number of hydrogen-bond donors (Lipinski definition) is 3. The molecule has 8 nitrogen and oxygen atoms in total. The van der Waals surface area contributed by atoms with Crippen molar-refractivity contribution < 1.29 is 33.4 Å². The van der Waals surface area contributed by atoms with Crippen LogP contribution in [0.3, 0.4) is 0 Å². The molecule has 1 aromatic carbocycles. The topological polar surface area (TPSA) is 114 Å². The Morgan fingerprint density at radius 3 is 2.36 bits per heavy atom. The summed E-state index contributed by atoms with van der Waals surface area (Å²) in [5.74, 6) is -1.28. The van der Waals surface area contributed by atoms with Crippen molar-refractivity contribution in [3.8, 4) is 11.5 Å². The average molecular weight is 611 g/mol. The van der Waals surface area contributed by atoms with Gasteiger partial charge in [0.05, 0.1) is 30.1 Å². The van der Waals surface area contributed by atoms with Crippen LogP contribution in [0.1, 0.15) is 101 Å². The van der Waals surface area contributed by atoms with Crippen molar-refractivity contribution in [3.05, 3.63) is 35.2 Å². The number of nitrogens with one attached hydrogen (secondary N) is 2. The molecule has 0 spiro atoms. The second-order valence-corrected chi connectivity index (χ2v) is 14.8. The highest BCUT2D eigenvalue weighted by Crippen LogP contribution is 2.53. The predicted octanol–water partition coefficient (Wildman–Crippen LogP) is 6.03. The van der Waals surface area contributed by atoms with Gasteiger partial charge in [-0.1, -0.05) is 31.4 Å². The zero-order valence-electron chi connectivity index (χ0n) is 26.3. The molecule has 0 radical (unpaired) electrons. The lowest BCUT2D eigenvalue weighted by atomic mass is 9.70. The first-order valence-corrected chi connectivity index (χ1v) is 16.6. The fourth-order valence-corrected chi connectivity index (χ4v) is 8.18. The molecule has 0 aliphatic heterocycles. The SMILES string of the molecule is COc1cc(F)c(OC2CCC(C)(C(=O)O)CC2)cc1C(=O)N[C@@H]1[C@H]2C/C(=C/C3CCC3)[C@H](C2)[C@@H]1C(=O)NCC1(C)CCC1. The van der Waals surface area contributed by atoms with E-state index in [2.05, 4.69) is 23.6 Å². The zero-order valence-corrected chi connectivity index (χ0v) is 26.3. The lowest BCUT2D eigenvalue weighted by Crippen LogP contribution is -2.52. The van der Waals surface area contributed by atoms with Crippen molar-refractivity contribution in [1.82, 2.24) is 10.6 Å². The Kier molecular flexibility index (Phi) is 8.44. The Hall–Kier alpha value is -3.10. The standard InChI is InChI=1S/C35H47FN2O6/c1-34(10-5-11-34)19-37-32(40)29-24-16-22(15-21(24)14-20-6-4-7-20)30(29)38-31(39)25-17-28(26(36)18-27(25)43-3)44-23-8-12-35(2,13-9-23)33(41)42/h14,17-18,20,22-24,29-30H,4-13,15-16,19H2,1-3H3,(H,37,40)(H,38,39)(H,41,42)/b21-14-/t22-,23?,24-,29-,30+,35?/m0/s1. The minimum absolute atomic E-state index is 0.0101. The van der Waals surface area contributed by atoms with Crippen molar-refractivity contribution in [3.63, 3.8) is 0 Å². The van der Waals surface area contributed by atoms with Gasteiger partial charge in [-0.25, -0.2) is 4.39 Å². The number of benzene rings is 1. The third kappa shape index (κ3) is 5.95. The number of carboxylic acid groups (broad SMARTS) is 1. The summed E-state index contributed by atoms with van der Waals surface area (Å²) in [7, 11) is 1.40. The van der Waals surface area contributed by atoms with E-state index in [1.165, 1.54) is 44.4 Å². The second-order valence-electron chi connectivity index (χ2n) is 14.8. The molecule has 6 rings (SSSR count). The van der Waals surface area contributed by atoms with Crippen molar-refractivity contribution in [2.75, 3.05) is 13.7 Å². The molecule has 0 heterocycles. The number of hydrogen-bond acceptors (Lipinski definition) is 5. The fourth-order valence-electron chi connectivity index (χ4n) is 8.18. The monoisotopic (exact) mass is 610 g/mol. The molecule has 4 atom stereocenters. The number of carbonyl (C=O) groups excluding carboxylic acids is 2. The largest absolute Gasteiger partial charge is 0.496 e. The van der Waals surface area contributed by atoms with Gasteiger partial charge in [0.1, 0.15) is 5.75 Å².